The monoisotopic (exact) mass is 449 g/mol. The fraction of sp³-hybridized carbons (Fsp3) is 0.481. The van der Waals surface area contributed by atoms with Gasteiger partial charge in [-0.15, -0.1) is 0 Å². The Balaban J connectivity index is 1.57. The molecular weight excluding hydrogens is 414 g/mol. The molecule has 0 aromatic heterocycles. The fourth-order valence-corrected chi connectivity index (χ4v) is 5.11. The van der Waals surface area contributed by atoms with Gasteiger partial charge in [-0.3, -0.25) is 14.5 Å². The van der Waals surface area contributed by atoms with Crippen molar-refractivity contribution in [3.05, 3.63) is 65.7 Å². The molecule has 2 unspecified atom stereocenters. The topological polar surface area (TPSA) is 61.9 Å². The fourth-order valence-electron chi connectivity index (χ4n) is 5.11. The number of benzene rings is 2. The Morgan fingerprint density at radius 2 is 1.64 bits per heavy atom. The lowest BCUT2D eigenvalue weighted by molar-refractivity contribution is -0.142. The van der Waals surface area contributed by atoms with Gasteiger partial charge in [0.2, 0.25) is 11.8 Å². The van der Waals surface area contributed by atoms with Crippen molar-refractivity contribution in [2.24, 2.45) is 0 Å². The molecule has 0 radical (unpaired) electrons. The van der Waals surface area contributed by atoms with E-state index in [1.54, 1.807) is 12.0 Å². The Bertz CT molecular complexity index is 927. The first-order valence-corrected chi connectivity index (χ1v) is 12.2. The molecule has 0 spiro atoms. The smallest absolute Gasteiger partial charge is 0.247 e. The van der Waals surface area contributed by atoms with Crippen LogP contribution in [0.2, 0.25) is 0 Å². The van der Waals surface area contributed by atoms with Crippen molar-refractivity contribution in [1.82, 2.24) is 15.1 Å². The molecule has 4 rings (SSSR count). The second-order valence-corrected chi connectivity index (χ2v) is 8.96. The molecule has 2 aliphatic rings. The van der Waals surface area contributed by atoms with Crippen LogP contribution in [0.3, 0.4) is 0 Å². The van der Waals surface area contributed by atoms with Gasteiger partial charge in [-0.05, 0) is 50.4 Å². The van der Waals surface area contributed by atoms with Crippen LogP contribution >= 0.6 is 0 Å². The van der Waals surface area contributed by atoms with E-state index < -0.39 is 6.04 Å². The van der Waals surface area contributed by atoms with Crippen LogP contribution in [0.25, 0.3) is 0 Å². The number of methoxy groups -OCH3 is 1. The zero-order chi connectivity index (χ0) is 23.0. The number of hydrogen-bond donors (Lipinski definition) is 1. The maximum atomic E-state index is 13.6. The number of rotatable bonds is 8. The third-order valence-electron chi connectivity index (χ3n) is 6.83. The SMILES string of the molecule is COc1ccccc1C(CNC(=O)C(c1ccccc1)N1CCCCC1=O)N1CCCCC1. The number of para-hydroxylation sites is 1. The minimum absolute atomic E-state index is 0.0267. The van der Waals surface area contributed by atoms with Gasteiger partial charge in [-0.2, -0.15) is 0 Å². The average Bonchev–Trinajstić information content (AvgIpc) is 2.87. The van der Waals surface area contributed by atoms with E-state index in [9.17, 15) is 9.59 Å². The molecule has 0 saturated carbocycles. The van der Waals surface area contributed by atoms with E-state index in [1.165, 1.54) is 6.42 Å². The zero-order valence-corrected chi connectivity index (χ0v) is 19.5. The molecule has 6 heteroatoms. The highest BCUT2D eigenvalue weighted by molar-refractivity contribution is 5.89. The molecule has 176 valence electrons. The molecule has 6 nitrogen and oxygen atoms in total. The van der Waals surface area contributed by atoms with Crippen LogP contribution in [0.15, 0.2) is 54.6 Å². The van der Waals surface area contributed by atoms with Crippen LogP contribution in [0.5, 0.6) is 5.75 Å². The average molecular weight is 450 g/mol. The molecule has 2 atom stereocenters. The Labute approximate surface area is 196 Å². The molecule has 2 fully saturated rings. The third kappa shape index (κ3) is 5.56. The van der Waals surface area contributed by atoms with Crippen molar-refractivity contribution in [1.29, 1.82) is 0 Å². The number of carbonyl (C=O) groups excluding carboxylic acids is 2. The van der Waals surface area contributed by atoms with Crippen LogP contribution in [-0.2, 0) is 9.59 Å². The van der Waals surface area contributed by atoms with Crippen molar-refractivity contribution < 1.29 is 14.3 Å². The lowest BCUT2D eigenvalue weighted by Crippen LogP contribution is -2.48. The van der Waals surface area contributed by atoms with Crippen LogP contribution in [0.4, 0.5) is 0 Å². The predicted molar refractivity (Wildman–Crippen MR) is 129 cm³/mol. The standard InChI is InChI=1S/C27H35N3O3/c1-33-24-15-7-6-14-22(24)23(29-17-9-3-10-18-29)20-28-27(32)26(21-12-4-2-5-13-21)30-19-11-8-16-25(30)31/h2,4-7,12-15,23,26H,3,8-11,16-20H2,1H3,(H,28,32). The summed E-state index contributed by atoms with van der Waals surface area (Å²) < 4.78 is 5.66. The van der Waals surface area contributed by atoms with Crippen molar-refractivity contribution in [2.45, 2.75) is 50.6 Å². The number of likely N-dealkylation sites (tertiary alicyclic amines) is 2. The van der Waals surface area contributed by atoms with Gasteiger partial charge in [0.25, 0.3) is 0 Å². The van der Waals surface area contributed by atoms with Crippen molar-refractivity contribution in [2.75, 3.05) is 33.3 Å². The first-order chi connectivity index (χ1) is 16.2. The van der Waals surface area contributed by atoms with E-state index in [2.05, 4.69) is 16.3 Å². The minimum atomic E-state index is -0.598. The Hall–Kier alpha value is -2.86. The third-order valence-corrected chi connectivity index (χ3v) is 6.83. The van der Waals surface area contributed by atoms with Gasteiger partial charge in [-0.25, -0.2) is 0 Å². The maximum Gasteiger partial charge on any atom is 0.247 e. The molecule has 2 aliphatic heterocycles. The molecule has 2 heterocycles. The van der Waals surface area contributed by atoms with Gasteiger partial charge in [0.05, 0.1) is 13.2 Å². The van der Waals surface area contributed by atoms with Crippen LogP contribution in [0.1, 0.15) is 61.7 Å². The molecule has 2 aromatic carbocycles. The van der Waals surface area contributed by atoms with E-state index in [0.717, 1.165) is 55.6 Å². The molecule has 2 saturated heterocycles. The van der Waals surface area contributed by atoms with E-state index in [-0.39, 0.29) is 17.9 Å². The largest absolute Gasteiger partial charge is 0.496 e. The molecular formula is C27H35N3O3. The maximum absolute atomic E-state index is 13.6. The van der Waals surface area contributed by atoms with Crippen molar-refractivity contribution in [3.8, 4) is 5.75 Å². The lowest BCUT2D eigenvalue weighted by atomic mass is 9.98. The van der Waals surface area contributed by atoms with Gasteiger partial charge >= 0.3 is 0 Å². The van der Waals surface area contributed by atoms with Gasteiger partial charge in [-0.1, -0.05) is 55.0 Å². The van der Waals surface area contributed by atoms with E-state index in [4.69, 9.17) is 4.74 Å². The molecule has 0 bridgehead atoms. The summed E-state index contributed by atoms with van der Waals surface area (Å²) >= 11 is 0. The lowest BCUT2D eigenvalue weighted by Gasteiger charge is -2.37. The summed E-state index contributed by atoms with van der Waals surface area (Å²) in [7, 11) is 1.69. The van der Waals surface area contributed by atoms with Gasteiger partial charge < -0.3 is 15.0 Å². The number of hydrogen-bond acceptors (Lipinski definition) is 4. The molecule has 2 aromatic rings. The predicted octanol–water partition coefficient (Wildman–Crippen LogP) is 4.09. The first kappa shape index (κ1) is 23.3. The van der Waals surface area contributed by atoms with E-state index in [0.29, 0.717) is 19.5 Å². The second kappa shape index (κ2) is 11.3. The summed E-state index contributed by atoms with van der Waals surface area (Å²) in [5.41, 5.74) is 1.95. The summed E-state index contributed by atoms with van der Waals surface area (Å²) in [4.78, 5) is 30.5. The summed E-state index contributed by atoms with van der Waals surface area (Å²) in [5, 5.41) is 3.22. The number of carbonyl (C=O) groups is 2. The van der Waals surface area contributed by atoms with Gasteiger partial charge in [0.1, 0.15) is 11.8 Å². The molecule has 0 aliphatic carbocycles. The Kier molecular flexibility index (Phi) is 8.00. The molecule has 33 heavy (non-hydrogen) atoms. The van der Waals surface area contributed by atoms with E-state index in [1.807, 2.05) is 48.5 Å². The normalized spacial score (nSPS) is 19.1. The molecule has 1 N–H and O–H groups in total. The van der Waals surface area contributed by atoms with Crippen LogP contribution in [-0.4, -0.2) is 54.9 Å². The zero-order valence-electron chi connectivity index (χ0n) is 19.5. The second-order valence-electron chi connectivity index (χ2n) is 8.96. The summed E-state index contributed by atoms with van der Waals surface area (Å²) in [5.74, 6) is 0.782. The number of ether oxygens (including phenoxy) is 1. The Morgan fingerprint density at radius 3 is 2.36 bits per heavy atom. The Morgan fingerprint density at radius 1 is 0.939 bits per heavy atom. The summed E-state index contributed by atoms with van der Waals surface area (Å²) in [6.07, 6.45) is 5.90. The van der Waals surface area contributed by atoms with Gasteiger partial charge in [0, 0.05) is 25.1 Å². The number of amides is 2. The van der Waals surface area contributed by atoms with Crippen molar-refractivity contribution in [3.63, 3.8) is 0 Å². The highest BCUT2D eigenvalue weighted by Crippen LogP contribution is 2.32. The summed E-state index contributed by atoms with van der Waals surface area (Å²) in [6.45, 7) is 3.11. The minimum Gasteiger partial charge on any atom is -0.496 e. The number of nitrogens with zero attached hydrogens (tertiary/aromatic N) is 2. The molecule has 2 amide bonds. The number of piperidine rings is 2. The van der Waals surface area contributed by atoms with Crippen LogP contribution < -0.4 is 10.1 Å². The highest BCUT2D eigenvalue weighted by Gasteiger charge is 2.33. The summed E-state index contributed by atoms with van der Waals surface area (Å²) in [6, 6.07) is 17.2. The van der Waals surface area contributed by atoms with E-state index >= 15 is 0 Å². The van der Waals surface area contributed by atoms with Crippen LogP contribution in [0, 0.1) is 0 Å². The number of nitrogens with one attached hydrogen (secondary N) is 1. The van der Waals surface area contributed by atoms with Gasteiger partial charge in [0.15, 0.2) is 0 Å². The van der Waals surface area contributed by atoms with Crippen molar-refractivity contribution >= 4 is 11.8 Å². The quantitative estimate of drug-likeness (QED) is 0.659. The highest BCUT2D eigenvalue weighted by atomic mass is 16.5. The first-order valence-electron chi connectivity index (χ1n) is 12.2.